The first-order chi connectivity index (χ1) is 9.14. The maximum atomic E-state index is 13.8. The zero-order valence-electron chi connectivity index (χ0n) is 11.9. The van der Waals surface area contributed by atoms with Crippen LogP contribution in [-0.4, -0.2) is 32.7 Å². The van der Waals surface area contributed by atoms with E-state index in [-0.39, 0.29) is 11.7 Å². The number of nitrogens with zero attached hydrogens (tertiary/aromatic N) is 1. The minimum Gasteiger partial charge on any atom is -0.352 e. The highest BCUT2D eigenvalue weighted by Crippen LogP contribution is 2.23. The van der Waals surface area contributed by atoms with Crippen LogP contribution >= 0.6 is 0 Å². The molecule has 0 aromatic heterocycles. The molecule has 112 valence electrons. The van der Waals surface area contributed by atoms with Gasteiger partial charge in [-0.3, -0.25) is 9.10 Å². The third-order valence-corrected chi connectivity index (χ3v) is 3.84. The molecule has 0 bridgehead atoms. The molecule has 0 fully saturated rings. The van der Waals surface area contributed by atoms with Crippen molar-refractivity contribution in [1.29, 1.82) is 0 Å². The van der Waals surface area contributed by atoms with Gasteiger partial charge in [-0.1, -0.05) is 12.1 Å². The maximum Gasteiger partial charge on any atom is 0.243 e. The minimum absolute atomic E-state index is 0.132. The number of hydrogen-bond acceptors (Lipinski definition) is 3. The number of rotatable bonds is 5. The van der Waals surface area contributed by atoms with Gasteiger partial charge in [-0.25, -0.2) is 12.8 Å². The van der Waals surface area contributed by atoms with Crippen molar-refractivity contribution in [3.8, 4) is 0 Å². The predicted molar refractivity (Wildman–Crippen MR) is 76.5 cm³/mol. The molecule has 1 aromatic carbocycles. The van der Waals surface area contributed by atoms with Gasteiger partial charge in [0.2, 0.25) is 15.9 Å². The molecule has 0 saturated carbocycles. The Kier molecular flexibility index (Phi) is 5.10. The highest BCUT2D eigenvalue weighted by molar-refractivity contribution is 7.92. The van der Waals surface area contributed by atoms with Crippen LogP contribution in [0.3, 0.4) is 0 Å². The van der Waals surface area contributed by atoms with Crippen LogP contribution < -0.4 is 9.62 Å². The summed E-state index contributed by atoms with van der Waals surface area (Å²) in [4.78, 5) is 12.0. The number of halogens is 1. The molecule has 7 heteroatoms. The predicted octanol–water partition coefficient (Wildman–Crippen LogP) is 1.50. The summed E-state index contributed by atoms with van der Waals surface area (Å²) in [6.45, 7) is 4.95. The van der Waals surface area contributed by atoms with Gasteiger partial charge in [0, 0.05) is 6.04 Å². The summed E-state index contributed by atoms with van der Waals surface area (Å²) < 4.78 is 38.4. The topological polar surface area (TPSA) is 66.5 Å². The molecule has 1 unspecified atom stereocenters. The van der Waals surface area contributed by atoms with Gasteiger partial charge in [0.15, 0.2) is 0 Å². The number of nitrogens with one attached hydrogen (secondary N) is 1. The fourth-order valence-electron chi connectivity index (χ4n) is 1.82. The molecule has 0 aliphatic heterocycles. The Hall–Kier alpha value is -1.63. The summed E-state index contributed by atoms with van der Waals surface area (Å²) in [6, 6.07) is 4.29. The smallest absolute Gasteiger partial charge is 0.243 e. The van der Waals surface area contributed by atoms with Gasteiger partial charge in [0.25, 0.3) is 0 Å². The lowest BCUT2D eigenvalue weighted by Crippen LogP contribution is -2.49. The van der Waals surface area contributed by atoms with Gasteiger partial charge < -0.3 is 5.32 Å². The summed E-state index contributed by atoms with van der Waals surface area (Å²) in [5.41, 5.74) is -0.138. The van der Waals surface area contributed by atoms with Crippen molar-refractivity contribution in [2.24, 2.45) is 0 Å². The lowest BCUT2D eigenvalue weighted by atomic mass is 10.2. The van der Waals surface area contributed by atoms with Gasteiger partial charge in [0.1, 0.15) is 11.9 Å². The molecular formula is C13H19FN2O3S. The standard InChI is InChI=1S/C13H19FN2O3S/c1-9(2)15-13(17)10(3)16(20(4,18)19)12-8-6-5-7-11(12)14/h5-10H,1-4H3,(H,15,17). The fourth-order valence-corrected chi connectivity index (χ4v) is 2.99. The molecule has 1 rings (SSSR count). The Balaban J connectivity index is 3.22. The third-order valence-electron chi connectivity index (χ3n) is 2.61. The van der Waals surface area contributed by atoms with E-state index >= 15 is 0 Å². The summed E-state index contributed by atoms with van der Waals surface area (Å²) in [5.74, 6) is -1.17. The van der Waals surface area contributed by atoms with Crippen LogP contribution in [-0.2, 0) is 14.8 Å². The molecule has 1 atom stereocenters. The van der Waals surface area contributed by atoms with E-state index in [2.05, 4.69) is 5.32 Å². The van der Waals surface area contributed by atoms with Gasteiger partial charge in [-0.2, -0.15) is 0 Å². The molecule has 1 amide bonds. The molecule has 1 aromatic rings. The van der Waals surface area contributed by atoms with E-state index in [1.165, 1.54) is 25.1 Å². The zero-order valence-corrected chi connectivity index (χ0v) is 12.7. The largest absolute Gasteiger partial charge is 0.352 e. The molecule has 0 heterocycles. The third kappa shape index (κ3) is 3.93. The zero-order chi connectivity index (χ0) is 15.5. The van der Waals surface area contributed by atoms with Gasteiger partial charge in [-0.15, -0.1) is 0 Å². The second-order valence-electron chi connectivity index (χ2n) is 4.85. The van der Waals surface area contributed by atoms with Crippen molar-refractivity contribution in [3.05, 3.63) is 30.1 Å². The molecule has 1 N–H and O–H groups in total. The number of para-hydroxylation sites is 1. The number of amides is 1. The second kappa shape index (κ2) is 6.21. The van der Waals surface area contributed by atoms with Crippen molar-refractivity contribution in [3.63, 3.8) is 0 Å². The molecule has 0 saturated heterocycles. The highest BCUT2D eigenvalue weighted by Gasteiger charge is 2.30. The molecule has 0 aliphatic carbocycles. The first kappa shape index (κ1) is 16.4. The normalized spacial score (nSPS) is 13.1. The summed E-state index contributed by atoms with van der Waals surface area (Å²) in [5, 5.41) is 2.62. The minimum atomic E-state index is -3.79. The molecule has 20 heavy (non-hydrogen) atoms. The van der Waals surface area contributed by atoms with Crippen LogP contribution in [0.15, 0.2) is 24.3 Å². The molecular weight excluding hydrogens is 283 g/mol. The number of carbonyl (C=O) groups is 1. The van der Waals surface area contributed by atoms with Crippen LogP contribution in [0.5, 0.6) is 0 Å². The van der Waals surface area contributed by atoms with Crippen molar-refractivity contribution in [2.75, 3.05) is 10.6 Å². The molecule has 5 nitrogen and oxygen atoms in total. The van der Waals surface area contributed by atoms with E-state index in [9.17, 15) is 17.6 Å². The Morgan fingerprint density at radius 3 is 2.25 bits per heavy atom. The first-order valence-electron chi connectivity index (χ1n) is 6.19. The number of benzene rings is 1. The molecule has 0 aliphatic rings. The Labute approximate surface area is 118 Å². The molecule has 0 spiro atoms. The molecule has 0 radical (unpaired) electrons. The van der Waals surface area contributed by atoms with Gasteiger partial charge >= 0.3 is 0 Å². The monoisotopic (exact) mass is 302 g/mol. The Bertz CT molecular complexity index is 587. The van der Waals surface area contributed by atoms with E-state index < -0.39 is 27.8 Å². The summed E-state index contributed by atoms with van der Waals surface area (Å²) in [6.07, 6.45) is 0.943. The van der Waals surface area contributed by atoms with Crippen LogP contribution in [0.1, 0.15) is 20.8 Å². The Morgan fingerprint density at radius 1 is 1.25 bits per heavy atom. The maximum absolute atomic E-state index is 13.8. The van der Waals surface area contributed by atoms with E-state index in [0.29, 0.717) is 0 Å². The van der Waals surface area contributed by atoms with Crippen molar-refractivity contribution in [1.82, 2.24) is 5.32 Å². The van der Waals surface area contributed by atoms with Crippen molar-refractivity contribution >= 4 is 21.6 Å². The van der Waals surface area contributed by atoms with E-state index in [1.54, 1.807) is 13.8 Å². The van der Waals surface area contributed by atoms with E-state index in [4.69, 9.17) is 0 Å². The number of anilines is 1. The van der Waals surface area contributed by atoms with Crippen LogP contribution in [0.4, 0.5) is 10.1 Å². The lowest BCUT2D eigenvalue weighted by molar-refractivity contribution is -0.122. The average molecular weight is 302 g/mol. The quantitative estimate of drug-likeness (QED) is 0.896. The Morgan fingerprint density at radius 2 is 1.80 bits per heavy atom. The fraction of sp³-hybridized carbons (Fsp3) is 0.462. The van der Waals surface area contributed by atoms with E-state index in [1.807, 2.05) is 0 Å². The lowest BCUT2D eigenvalue weighted by Gasteiger charge is -2.29. The second-order valence-corrected chi connectivity index (χ2v) is 6.71. The first-order valence-corrected chi connectivity index (χ1v) is 8.03. The summed E-state index contributed by atoms with van der Waals surface area (Å²) >= 11 is 0. The highest BCUT2D eigenvalue weighted by atomic mass is 32.2. The number of sulfonamides is 1. The van der Waals surface area contributed by atoms with Crippen molar-refractivity contribution < 1.29 is 17.6 Å². The van der Waals surface area contributed by atoms with Crippen LogP contribution in [0, 0.1) is 5.82 Å². The van der Waals surface area contributed by atoms with Crippen molar-refractivity contribution in [2.45, 2.75) is 32.9 Å². The van der Waals surface area contributed by atoms with Gasteiger partial charge in [-0.05, 0) is 32.9 Å². The SMILES string of the molecule is CC(C)NC(=O)C(C)N(c1ccccc1F)S(C)(=O)=O. The van der Waals surface area contributed by atoms with Crippen LogP contribution in [0.25, 0.3) is 0 Å². The number of hydrogen-bond donors (Lipinski definition) is 1. The summed E-state index contributed by atoms with van der Waals surface area (Å²) in [7, 11) is -3.79. The average Bonchev–Trinajstić information content (AvgIpc) is 2.29. The van der Waals surface area contributed by atoms with Crippen LogP contribution in [0.2, 0.25) is 0 Å². The van der Waals surface area contributed by atoms with E-state index in [0.717, 1.165) is 16.6 Å². The number of carbonyl (C=O) groups excluding carboxylic acids is 1. The van der Waals surface area contributed by atoms with Gasteiger partial charge in [0.05, 0.1) is 11.9 Å².